The van der Waals surface area contributed by atoms with Crippen LogP contribution in [0.25, 0.3) is 0 Å². The lowest BCUT2D eigenvalue weighted by atomic mass is 9.90. The average molecular weight is 481 g/mol. The number of aryl methyl sites for hydroxylation is 1. The molecule has 6 nitrogen and oxygen atoms in total. The lowest BCUT2D eigenvalue weighted by Crippen LogP contribution is -2.38. The Kier molecular flexibility index (Phi) is 7.80. The monoisotopic (exact) mass is 480 g/mol. The van der Waals surface area contributed by atoms with Crippen LogP contribution in [-0.2, 0) is 6.42 Å². The fourth-order valence-corrected chi connectivity index (χ4v) is 4.51. The van der Waals surface area contributed by atoms with E-state index >= 15 is 0 Å². The number of hydrogen-bond donors (Lipinski definition) is 1. The van der Waals surface area contributed by atoms with E-state index in [2.05, 4.69) is 35.1 Å². The van der Waals surface area contributed by atoms with Gasteiger partial charge in [0.25, 0.3) is 11.8 Å². The minimum absolute atomic E-state index is 0.0236. The number of nitrogens with one attached hydrogen (secondary N) is 1. The van der Waals surface area contributed by atoms with Crippen LogP contribution in [0.2, 0.25) is 0 Å². The summed E-state index contributed by atoms with van der Waals surface area (Å²) in [4.78, 5) is 36.7. The topological polar surface area (TPSA) is 75.2 Å². The average Bonchev–Trinajstić information content (AvgIpc) is 2.89. The number of amides is 2. The first-order valence-corrected chi connectivity index (χ1v) is 12.4. The molecule has 0 aliphatic carbocycles. The van der Waals surface area contributed by atoms with Crippen LogP contribution in [-0.4, -0.2) is 39.8 Å². The van der Waals surface area contributed by atoms with Gasteiger partial charge in [-0.25, -0.2) is 4.98 Å². The van der Waals surface area contributed by atoms with Crippen LogP contribution in [0.3, 0.4) is 0 Å². The van der Waals surface area contributed by atoms with Gasteiger partial charge in [0.2, 0.25) is 0 Å². The van der Waals surface area contributed by atoms with E-state index in [0.29, 0.717) is 47.4 Å². The molecule has 4 rings (SSSR count). The van der Waals surface area contributed by atoms with Crippen LogP contribution in [0.5, 0.6) is 0 Å². The van der Waals surface area contributed by atoms with E-state index in [9.17, 15) is 9.59 Å². The molecule has 1 fully saturated rings. The lowest BCUT2D eigenvalue weighted by Gasteiger charge is -2.32. The number of nitrogens with zero attached hydrogens (tertiary/aromatic N) is 3. The first-order chi connectivity index (χ1) is 17.3. The van der Waals surface area contributed by atoms with Gasteiger partial charge in [0.05, 0.1) is 5.56 Å². The minimum atomic E-state index is -0.239. The van der Waals surface area contributed by atoms with Gasteiger partial charge in [-0.15, -0.1) is 6.42 Å². The summed E-state index contributed by atoms with van der Waals surface area (Å²) in [6.45, 7) is 7.53. The number of hydrogen-bond acceptors (Lipinski definition) is 4. The van der Waals surface area contributed by atoms with Crippen LogP contribution >= 0.6 is 0 Å². The third-order valence-electron chi connectivity index (χ3n) is 6.62. The highest BCUT2D eigenvalue weighted by Gasteiger charge is 2.25. The van der Waals surface area contributed by atoms with Gasteiger partial charge in [0, 0.05) is 42.4 Å². The van der Waals surface area contributed by atoms with Crippen molar-refractivity contribution >= 4 is 17.5 Å². The summed E-state index contributed by atoms with van der Waals surface area (Å²) >= 11 is 0. The smallest absolute Gasteiger partial charge is 0.257 e. The summed E-state index contributed by atoms with van der Waals surface area (Å²) < 4.78 is 0. The molecule has 3 aromatic rings. The van der Waals surface area contributed by atoms with Crippen molar-refractivity contribution in [3.05, 3.63) is 88.5 Å². The fraction of sp³-hybridized carbons (Fsp3) is 0.333. The molecule has 36 heavy (non-hydrogen) atoms. The summed E-state index contributed by atoms with van der Waals surface area (Å²) in [5, 5.41) is 2.95. The molecular weight excluding hydrogens is 448 g/mol. The number of anilines is 1. The second-order valence-corrected chi connectivity index (χ2v) is 9.81. The zero-order chi connectivity index (χ0) is 25.7. The molecule has 2 amide bonds. The molecule has 6 heteroatoms. The van der Waals surface area contributed by atoms with Gasteiger partial charge in [-0.05, 0) is 79.5 Å². The number of benzene rings is 1. The number of carbonyl (C=O) groups is 2. The van der Waals surface area contributed by atoms with Gasteiger partial charge in [0.1, 0.15) is 5.69 Å². The molecular formula is C30H32N4O2. The number of piperidine rings is 1. The second kappa shape index (κ2) is 11.2. The Labute approximate surface area is 213 Å². The maximum absolute atomic E-state index is 13.2. The van der Waals surface area contributed by atoms with E-state index in [1.54, 1.807) is 18.3 Å². The Bertz CT molecular complexity index is 1270. The Hall–Kier alpha value is -3.98. The first kappa shape index (κ1) is 25.1. The maximum atomic E-state index is 13.2. The van der Waals surface area contributed by atoms with Crippen molar-refractivity contribution in [2.24, 2.45) is 5.92 Å². The number of carbonyl (C=O) groups excluding carboxylic acids is 2. The van der Waals surface area contributed by atoms with Crippen LogP contribution in [0, 0.1) is 25.2 Å². The predicted molar refractivity (Wildman–Crippen MR) is 142 cm³/mol. The standard InChI is InChI=1S/C30H32N4O2/c1-5-26-10-8-24(18-31-26)22-12-14-34(15-13-22)30(36)23-7-6-21(4)28(17-23)33-29(35)25-9-11-27(32-19-25)16-20(2)3/h1,6-11,17-20,22H,12-16H2,2-4H3,(H,33,35). The van der Waals surface area contributed by atoms with Gasteiger partial charge in [-0.1, -0.05) is 31.9 Å². The molecule has 0 saturated carbocycles. The molecule has 184 valence electrons. The van der Waals surface area contributed by atoms with Gasteiger partial charge in [-0.2, -0.15) is 0 Å². The number of terminal acetylenes is 1. The molecule has 1 saturated heterocycles. The number of aromatic nitrogens is 2. The Balaban J connectivity index is 1.39. The molecule has 0 spiro atoms. The summed E-state index contributed by atoms with van der Waals surface area (Å²) in [5.74, 6) is 3.14. The zero-order valence-electron chi connectivity index (χ0n) is 21.1. The van der Waals surface area contributed by atoms with Crippen molar-refractivity contribution in [2.45, 2.75) is 46.0 Å². The number of likely N-dealkylation sites (tertiary alicyclic amines) is 1. The van der Waals surface area contributed by atoms with E-state index in [-0.39, 0.29) is 11.8 Å². The Morgan fingerprint density at radius 2 is 1.81 bits per heavy atom. The van der Waals surface area contributed by atoms with Crippen molar-refractivity contribution in [3.8, 4) is 12.3 Å². The molecule has 0 atom stereocenters. The van der Waals surface area contributed by atoms with Gasteiger partial charge >= 0.3 is 0 Å². The van der Waals surface area contributed by atoms with Crippen molar-refractivity contribution in [1.29, 1.82) is 0 Å². The molecule has 3 heterocycles. The number of rotatable bonds is 6. The maximum Gasteiger partial charge on any atom is 0.257 e. The largest absolute Gasteiger partial charge is 0.339 e. The van der Waals surface area contributed by atoms with Gasteiger partial charge in [0.15, 0.2) is 0 Å². The minimum Gasteiger partial charge on any atom is -0.339 e. The van der Waals surface area contributed by atoms with Crippen molar-refractivity contribution in [3.63, 3.8) is 0 Å². The molecule has 1 aliphatic heterocycles. The summed E-state index contributed by atoms with van der Waals surface area (Å²) in [5.41, 5.74) is 5.35. The van der Waals surface area contributed by atoms with Crippen LogP contribution in [0.15, 0.2) is 54.9 Å². The normalized spacial score (nSPS) is 13.9. The second-order valence-electron chi connectivity index (χ2n) is 9.81. The summed E-state index contributed by atoms with van der Waals surface area (Å²) in [6.07, 6.45) is 11.5. The van der Waals surface area contributed by atoms with Crippen LogP contribution in [0.4, 0.5) is 5.69 Å². The third kappa shape index (κ3) is 5.98. The van der Waals surface area contributed by atoms with Crippen LogP contribution < -0.4 is 5.32 Å². The van der Waals surface area contributed by atoms with E-state index in [0.717, 1.165) is 36.1 Å². The number of pyridine rings is 2. The molecule has 2 aromatic heterocycles. The quantitative estimate of drug-likeness (QED) is 0.490. The van der Waals surface area contributed by atoms with E-state index in [4.69, 9.17) is 6.42 Å². The molecule has 1 aromatic carbocycles. The summed E-state index contributed by atoms with van der Waals surface area (Å²) in [6, 6.07) is 13.1. The first-order valence-electron chi connectivity index (χ1n) is 12.4. The highest BCUT2D eigenvalue weighted by atomic mass is 16.2. The highest BCUT2D eigenvalue weighted by Crippen LogP contribution is 2.29. The SMILES string of the molecule is C#Cc1ccc(C2CCN(C(=O)c3ccc(C)c(NC(=O)c4ccc(CC(C)C)nc4)c3)CC2)cn1. The van der Waals surface area contributed by atoms with Crippen LogP contribution in [0.1, 0.15) is 75.8 Å². The van der Waals surface area contributed by atoms with Crippen molar-refractivity contribution < 1.29 is 9.59 Å². The third-order valence-corrected chi connectivity index (χ3v) is 6.62. The molecule has 0 bridgehead atoms. The summed E-state index contributed by atoms with van der Waals surface area (Å²) in [7, 11) is 0. The molecule has 0 unspecified atom stereocenters. The zero-order valence-corrected chi connectivity index (χ0v) is 21.1. The predicted octanol–water partition coefficient (Wildman–Crippen LogP) is 5.24. The van der Waals surface area contributed by atoms with E-state index in [1.807, 2.05) is 48.4 Å². The van der Waals surface area contributed by atoms with Crippen molar-refractivity contribution in [2.75, 3.05) is 18.4 Å². The fourth-order valence-electron chi connectivity index (χ4n) is 4.51. The highest BCUT2D eigenvalue weighted by molar-refractivity contribution is 6.05. The van der Waals surface area contributed by atoms with Crippen molar-refractivity contribution in [1.82, 2.24) is 14.9 Å². The van der Waals surface area contributed by atoms with Gasteiger partial charge in [-0.3, -0.25) is 14.6 Å². The molecule has 1 aliphatic rings. The van der Waals surface area contributed by atoms with Gasteiger partial charge < -0.3 is 10.2 Å². The van der Waals surface area contributed by atoms with E-state index < -0.39 is 0 Å². The Morgan fingerprint density at radius 1 is 1.06 bits per heavy atom. The van der Waals surface area contributed by atoms with E-state index in [1.165, 1.54) is 0 Å². The Morgan fingerprint density at radius 3 is 2.42 bits per heavy atom. The lowest BCUT2D eigenvalue weighted by molar-refractivity contribution is 0.0712. The molecule has 1 N–H and O–H groups in total. The molecule has 0 radical (unpaired) electrons.